The predicted octanol–water partition coefficient (Wildman–Crippen LogP) is 1.51. The van der Waals surface area contributed by atoms with Crippen molar-refractivity contribution in [2.45, 2.75) is 11.8 Å². The van der Waals surface area contributed by atoms with Crippen LogP contribution in [0, 0.1) is 0 Å². The van der Waals surface area contributed by atoms with Crippen molar-refractivity contribution in [1.82, 2.24) is 0 Å². The van der Waals surface area contributed by atoms with E-state index in [1.165, 1.54) is 0 Å². The highest BCUT2D eigenvalue weighted by atomic mass is 79.9. The summed E-state index contributed by atoms with van der Waals surface area (Å²) in [4.78, 5) is 22.1. The Bertz CT molecular complexity index is 391. The maximum atomic E-state index is 11.4. The molecule has 4 nitrogen and oxygen atoms in total. The molecule has 0 saturated carbocycles. The highest BCUT2D eigenvalue weighted by Gasteiger charge is 2.12. The molecule has 3 N–H and O–H groups in total. The minimum absolute atomic E-state index is 0.219. The van der Waals surface area contributed by atoms with Gasteiger partial charge in [-0.15, -0.1) is 0 Å². The van der Waals surface area contributed by atoms with Gasteiger partial charge in [0.25, 0.3) is 5.91 Å². The molecule has 0 fully saturated rings. The van der Waals surface area contributed by atoms with E-state index in [1.54, 1.807) is 31.2 Å². The summed E-state index contributed by atoms with van der Waals surface area (Å²) in [6.07, 6.45) is 0. The molecule has 0 heterocycles. The van der Waals surface area contributed by atoms with E-state index in [2.05, 4.69) is 21.2 Å². The van der Waals surface area contributed by atoms with Gasteiger partial charge in [0.2, 0.25) is 5.91 Å². The van der Waals surface area contributed by atoms with E-state index in [-0.39, 0.29) is 10.7 Å². The molecule has 0 radical (unpaired) electrons. The van der Waals surface area contributed by atoms with Crippen LogP contribution in [0.3, 0.4) is 0 Å². The number of anilines is 1. The molecule has 5 heteroatoms. The Kier molecular flexibility index (Phi) is 3.85. The van der Waals surface area contributed by atoms with Gasteiger partial charge in [0.05, 0.1) is 16.1 Å². The fourth-order valence-electron chi connectivity index (χ4n) is 1.04. The van der Waals surface area contributed by atoms with Crippen molar-refractivity contribution < 1.29 is 9.59 Å². The summed E-state index contributed by atoms with van der Waals surface area (Å²) >= 11 is 3.13. The number of halogens is 1. The molecule has 80 valence electrons. The van der Waals surface area contributed by atoms with Crippen LogP contribution in [-0.4, -0.2) is 16.6 Å². The van der Waals surface area contributed by atoms with Crippen LogP contribution in [0.1, 0.15) is 17.3 Å². The smallest absolute Gasteiger partial charge is 0.250 e. The van der Waals surface area contributed by atoms with E-state index in [4.69, 9.17) is 5.73 Å². The van der Waals surface area contributed by atoms with E-state index in [0.717, 1.165) is 0 Å². The summed E-state index contributed by atoms with van der Waals surface area (Å²) in [5.74, 6) is -0.781. The summed E-state index contributed by atoms with van der Waals surface area (Å²) in [5.41, 5.74) is 5.90. The number of nitrogens with two attached hydrogens (primary N) is 1. The number of para-hydroxylation sites is 1. The van der Waals surface area contributed by atoms with E-state index in [0.29, 0.717) is 11.3 Å². The van der Waals surface area contributed by atoms with Gasteiger partial charge in [0.15, 0.2) is 0 Å². The average molecular weight is 271 g/mol. The van der Waals surface area contributed by atoms with Crippen molar-refractivity contribution >= 4 is 33.4 Å². The highest BCUT2D eigenvalue weighted by Crippen LogP contribution is 2.15. The lowest BCUT2D eigenvalue weighted by atomic mass is 10.1. The van der Waals surface area contributed by atoms with Gasteiger partial charge in [-0.3, -0.25) is 9.59 Å². The maximum absolute atomic E-state index is 11.4. The van der Waals surface area contributed by atoms with Crippen LogP contribution < -0.4 is 11.1 Å². The Morgan fingerprint density at radius 3 is 2.53 bits per heavy atom. The molecule has 0 aliphatic rings. The normalized spacial score (nSPS) is 11.9. The van der Waals surface area contributed by atoms with Crippen LogP contribution in [0.4, 0.5) is 5.69 Å². The van der Waals surface area contributed by atoms with Gasteiger partial charge in [0, 0.05) is 0 Å². The summed E-state index contributed by atoms with van der Waals surface area (Å²) in [5, 5.41) is 2.60. The molecule has 0 bridgehead atoms. The average Bonchev–Trinajstić information content (AvgIpc) is 2.18. The number of hydrogen-bond donors (Lipinski definition) is 2. The molecule has 0 aromatic heterocycles. The second kappa shape index (κ2) is 4.93. The second-order valence-corrected chi connectivity index (χ2v) is 4.39. The molecule has 0 aliphatic carbocycles. The van der Waals surface area contributed by atoms with Gasteiger partial charge >= 0.3 is 0 Å². The van der Waals surface area contributed by atoms with Gasteiger partial charge in [-0.1, -0.05) is 28.1 Å². The van der Waals surface area contributed by atoms with Crippen LogP contribution in [0.15, 0.2) is 24.3 Å². The number of nitrogens with one attached hydrogen (secondary N) is 1. The van der Waals surface area contributed by atoms with Crippen molar-refractivity contribution in [2.75, 3.05) is 5.32 Å². The van der Waals surface area contributed by atoms with Crippen LogP contribution in [0.5, 0.6) is 0 Å². The van der Waals surface area contributed by atoms with Gasteiger partial charge < -0.3 is 11.1 Å². The molecule has 1 aromatic carbocycles. The number of hydrogen-bond acceptors (Lipinski definition) is 2. The number of carbonyl (C=O) groups excluding carboxylic acids is 2. The number of alkyl halides is 1. The Labute approximate surface area is 96.0 Å². The number of rotatable bonds is 3. The summed E-state index contributed by atoms with van der Waals surface area (Å²) in [7, 11) is 0. The van der Waals surface area contributed by atoms with E-state index < -0.39 is 5.91 Å². The monoisotopic (exact) mass is 270 g/mol. The van der Waals surface area contributed by atoms with E-state index >= 15 is 0 Å². The zero-order valence-electron chi connectivity index (χ0n) is 8.16. The first-order chi connectivity index (χ1) is 7.02. The molecule has 0 saturated heterocycles. The highest BCUT2D eigenvalue weighted by molar-refractivity contribution is 9.10. The molecule has 1 unspecified atom stereocenters. The Hall–Kier alpha value is -1.36. The van der Waals surface area contributed by atoms with Crippen molar-refractivity contribution in [3.63, 3.8) is 0 Å². The zero-order chi connectivity index (χ0) is 11.4. The summed E-state index contributed by atoms with van der Waals surface area (Å²) in [6, 6.07) is 6.61. The molecule has 1 rings (SSSR count). The number of carbonyl (C=O) groups is 2. The second-order valence-electron chi connectivity index (χ2n) is 3.02. The topological polar surface area (TPSA) is 72.2 Å². The Balaban J connectivity index is 2.94. The molecule has 0 spiro atoms. The third kappa shape index (κ3) is 3.06. The third-order valence-electron chi connectivity index (χ3n) is 1.81. The molecule has 2 amide bonds. The van der Waals surface area contributed by atoms with Gasteiger partial charge in [-0.2, -0.15) is 0 Å². The number of benzene rings is 1. The Morgan fingerprint density at radius 1 is 1.40 bits per heavy atom. The maximum Gasteiger partial charge on any atom is 0.250 e. The minimum Gasteiger partial charge on any atom is -0.366 e. The van der Waals surface area contributed by atoms with Crippen molar-refractivity contribution in [3.8, 4) is 0 Å². The quantitative estimate of drug-likeness (QED) is 0.818. The summed E-state index contributed by atoms with van der Waals surface area (Å²) in [6.45, 7) is 1.70. The lowest BCUT2D eigenvalue weighted by molar-refractivity contribution is -0.115. The molecule has 15 heavy (non-hydrogen) atoms. The van der Waals surface area contributed by atoms with Gasteiger partial charge in [-0.25, -0.2) is 0 Å². The van der Waals surface area contributed by atoms with Crippen LogP contribution in [0.25, 0.3) is 0 Å². The van der Waals surface area contributed by atoms with Crippen molar-refractivity contribution in [2.24, 2.45) is 5.73 Å². The van der Waals surface area contributed by atoms with Gasteiger partial charge in [0.1, 0.15) is 0 Å². The molecule has 1 atom stereocenters. The zero-order valence-corrected chi connectivity index (χ0v) is 9.74. The molecule has 0 aliphatic heterocycles. The van der Waals surface area contributed by atoms with E-state index in [9.17, 15) is 9.59 Å². The van der Waals surface area contributed by atoms with Crippen LogP contribution in [0.2, 0.25) is 0 Å². The molecule has 1 aromatic rings. The Morgan fingerprint density at radius 2 is 2.00 bits per heavy atom. The van der Waals surface area contributed by atoms with Crippen LogP contribution in [-0.2, 0) is 4.79 Å². The number of amides is 2. The van der Waals surface area contributed by atoms with E-state index in [1.807, 2.05) is 0 Å². The number of primary amides is 1. The SMILES string of the molecule is CC(Br)C(=O)Nc1ccccc1C(N)=O. The fraction of sp³-hybridized carbons (Fsp3) is 0.200. The van der Waals surface area contributed by atoms with Crippen molar-refractivity contribution in [3.05, 3.63) is 29.8 Å². The lowest BCUT2D eigenvalue weighted by Crippen LogP contribution is -2.22. The summed E-state index contributed by atoms with van der Waals surface area (Å²) < 4.78 is 0. The van der Waals surface area contributed by atoms with Crippen molar-refractivity contribution in [1.29, 1.82) is 0 Å². The minimum atomic E-state index is -0.562. The first kappa shape index (κ1) is 11.7. The fourth-order valence-corrected chi connectivity index (χ4v) is 1.15. The molecular formula is C10H11BrN2O2. The predicted molar refractivity (Wildman–Crippen MR) is 62.0 cm³/mol. The van der Waals surface area contributed by atoms with Crippen LogP contribution >= 0.6 is 15.9 Å². The third-order valence-corrected chi connectivity index (χ3v) is 2.23. The molecular weight excluding hydrogens is 260 g/mol. The first-order valence-corrected chi connectivity index (χ1v) is 5.27. The van der Waals surface area contributed by atoms with Gasteiger partial charge in [-0.05, 0) is 19.1 Å². The largest absolute Gasteiger partial charge is 0.366 e. The lowest BCUT2D eigenvalue weighted by Gasteiger charge is -2.09. The standard InChI is InChI=1S/C10H11BrN2O2/c1-6(11)10(15)13-8-5-3-2-4-7(8)9(12)14/h2-6H,1H3,(H2,12,14)(H,13,15). The first-order valence-electron chi connectivity index (χ1n) is 4.36.